The van der Waals surface area contributed by atoms with Crippen LogP contribution in [0, 0.1) is 5.41 Å². The molecule has 2 fully saturated rings. The number of amides is 2. The van der Waals surface area contributed by atoms with E-state index in [1.54, 1.807) is 17.2 Å². The van der Waals surface area contributed by atoms with Gasteiger partial charge in [0.25, 0.3) is 5.89 Å². The number of benzene rings is 1. The second-order valence-corrected chi connectivity index (χ2v) is 12.8. The van der Waals surface area contributed by atoms with E-state index in [2.05, 4.69) is 34.3 Å². The Balaban J connectivity index is 1.49. The third-order valence-corrected chi connectivity index (χ3v) is 7.95. The van der Waals surface area contributed by atoms with E-state index in [0.29, 0.717) is 35.4 Å². The van der Waals surface area contributed by atoms with Gasteiger partial charge in [0.15, 0.2) is 0 Å². The molecule has 0 radical (unpaired) electrons. The van der Waals surface area contributed by atoms with Crippen LogP contribution >= 0.6 is 0 Å². The van der Waals surface area contributed by atoms with Crippen molar-refractivity contribution in [1.29, 1.82) is 0 Å². The van der Waals surface area contributed by atoms with Crippen LogP contribution in [0.2, 0.25) is 0 Å². The molecule has 1 atom stereocenters. The number of likely N-dealkylation sites (tertiary alicyclic amines) is 1. The lowest BCUT2D eigenvalue weighted by Crippen LogP contribution is -2.66. The predicted octanol–water partition coefficient (Wildman–Crippen LogP) is 4.87. The van der Waals surface area contributed by atoms with Gasteiger partial charge in [-0.1, -0.05) is 50.2 Å². The zero-order valence-electron chi connectivity index (χ0n) is 27.3. The molecule has 3 heterocycles. The number of hydrogen-bond donors (Lipinski definition) is 2. The van der Waals surface area contributed by atoms with Crippen LogP contribution in [0.3, 0.4) is 0 Å². The van der Waals surface area contributed by atoms with Gasteiger partial charge < -0.3 is 24.6 Å². The predicted molar refractivity (Wildman–Crippen MR) is 152 cm³/mol. The second-order valence-electron chi connectivity index (χ2n) is 12.8. The Bertz CT molecular complexity index is 1550. The topological polar surface area (TPSA) is 131 Å². The van der Waals surface area contributed by atoms with Crippen LogP contribution in [0.4, 0.5) is 4.79 Å². The van der Waals surface area contributed by atoms with Crippen molar-refractivity contribution in [2.45, 2.75) is 83.9 Å². The third kappa shape index (κ3) is 5.32. The van der Waals surface area contributed by atoms with Crippen LogP contribution in [0.5, 0.6) is 0 Å². The van der Waals surface area contributed by atoms with Gasteiger partial charge in [-0.3, -0.25) is 9.78 Å². The van der Waals surface area contributed by atoms with Crippen molar-refractivity contribution in [2.75, 3.05) is 13.1 Å². The highest BCUT2D eigenvalue weighted by atomic mass is 16.6. The molecule has 3 aromatic rings. The Morgan fingerprint density at radius 2 is 1.83 bits per heavy atom. The lowest BCUT2D eigenvalue weighted by atomic mass is 9.62. The van der Waals surface area contributed by atoms with Crippen molar-refractivity contribution in [3.8, 4) is 11.4 Å². The summed E-state index contributed by atoms with van der Waals surface area (Å²) in [6, 6.07) is 9.52. The smallest absolute Gasteiger partial charge is 0.410 e. The molecule has 0 bridgehead atoms. The molecule has 2 amide bonds. The zero-order chi connectivity index (χ0) is 32.3. The third-order valence-electron chi connectivity index (χ3n) is 7.95. The molecule has 2 N–H and O–H groups in total. The first-order chi connectivity index (χ1) is 20.4. The summed E-state index contributed by atoms with van der Waals surface area (Å²) < 4.78 is 33.2. The van der Waals surface area contributed by atoms with E-state index in [1.807, 2.05) is 52.0 Å². The van der Waals surface area contributed by atoms with E-state index in [0.717, 1.165) is 5.56 Å². The maximum absolute atomic E-state index is 12.8. The average Bonchev–Trinajstić information content (AvgIpc) is 3.52. The summed E-state index contributed by atoms with van der Waals surface area (Å²) in [6.45, 7) is 9.23. The molecule has 5 rings (SSSR count). The molecule has 1 aromatic carbocycles. The van der Waals surface area contributed by atoms with Gasteiger partial charge in [-0.05, 0) is 56.7 Å². The maximum atomic E-state index is 12.8. The average molecular weight is 565 g/mol. The van der Waals surface area contributed by atoms with Gasteiger partial charge in [0.2, 0.25) is 11.7 Å². The van der Waals surface area contributed by atoms with Crippen molar-refractivity contribution in [3.63, 3.8) is 0 Å². The molecule has 1 aliphatic heterocycles. The molecule has 1 saturated heterocycles. The lowest BCUT2D eigenvalue weighted by Gasteiger charge is -2.56. The summed E-state index contributed by atoms with van der Waals surface area (Å²) in [6.07, 6.45) is 3.61. The van der Waals surface area contributed by atoms with Gasteiger partial charge in [-0.15, -0.1) is 0 Å². The van der Waals surface area contributed by atoms with Crippen LogP contribution in [0.15, 0.2) is 47.2 Å². The highest BCUT2D eigenvalue weighted by Gasteiger charge is 2.58. The van der Waals surface area contributed by atoms with Crippen molar-refractivity contribution >= 4 is 12.0 Å². The fourth-order valence-electron chi connectivity index (χ4n) is 5.48. The van der Waals surface area contributed by atoms with E-state index in [9.17, 15) is 14.7 Å². The minimum absolute atomic E-state index is 0.106. The Morgan fingerprint density at radius 1 is 1.15 bits per heavy atom. The molecule has 10 heteroatoms. The molecule has 41 heavy (non-hydrogen) atoms. The largest absolute Gasteiger partial charge is 0.444 e. The van der Waals surface area contributed by atoms with Crippen molar-refractivity contribution in [2.24, 2.45) is 5.41 Å². The van der Waals surface area contributed by atoms with Crippen molar-refractivity contribution in [1.82, 2.24) is 25.3 Å². The fourth-order valence-corrected chi connectivity index (χ4v) is 5.48. The zero-order valence-corrected chi connectivity index (χ0v) is 24.3. The molecule has 218 valence electrons. The SMILES string of the molecule is [2H]C([2H])([2H])C(=O)NC1(c2nc(-c3cncc([C@@](O)(c4ccc(C(C)C)cc4)C4(C)CN(C(=O)OC(C)(C)C)C4)c3)no2)CC1. The molecular formula is C31H39N5O5. The van der Waals surface area contributed by atoms with Crippen LogP contribution in [-0.2, 0) is 20.7 Å². The number of nitrogens with one attached hydrogen (secondary N) is 1. The number of hydrogen-bond acceptors (Lipinski definition) is 8. The van der Waals surface area contributed by atoms with Gasteiger partial charge in [0, 0.05) is 53.0 Å². The molecule has 10 nitrogen and oxygen atoms in total. The highest BCUT2D eigenvalue weighted by Crippen LogP contribution is 2.51. The Morgan fingerprint density at radius 3 is 2.41 bits per heavy atom. The number of nitrogens with zero attached hydrogens (tertiary/aromatic N) is 4. The number of carbonyl (C=O) groups is 2. The van der Waals surface area contributed by atoms with Gasteiger partial charge in [-0.2, -0.15) is 4.98 Å². The number of carbonyl (C=O) groups excluding carboxylic acids is 2. The number of aliphatic hydroxyl groups is 1. The minimum atomic E-state index is -2.80. The highest BCUT2D eigenvalue weighted by molar-refractivity contribution is 5.74. The summed E-state index contributed by atoms with van der Waals surface area (Å²) in [4.78, 5) is 35.4. The molecule has 2 aromatic heterocycles. The minimum Gasteiger partial charge on any atom is -0.444 e. The first kappa shape index (κ1) is 25.0. The standard InChI is InChI=1S/C31H39N5O5/c1-19(2)21-8-10-23(11-9-21)31(39,29(7)17-36(18-29)27(38)40-28(4,5)6)24-14-22(15-32-16-24)25-33-26(41-35-25)30(12-13-30)34-20(3)37/h8-11,14-16,19,39H,12-13,17-18H2,1-7H3,(H,34,37)/t31-/m0/s1/i3D3. The van der Waals surface area contributed by atoms with E-state index >= 15 is 0 Å². The van der Waals surface area contributed by atoms with Gasteiger partial charge >= 0.3 is 6.09 Å². The van der Waals surface area contributed by atoms with Crippen molar-refractivity contribution < 1.29 is 28.1 Å². The number of aromatic nitrogens is 3. The monoisotopic (exact) mass is 564 g/mol. The molecule has 1 saturated carbocycles. The second kappa shape index (κ2) is 9.94. The summed E-state index contributed by atoms with van der Waals surface area (Å²) in [7, 11) is 0. The van der Waals surface area contributed by atoms with Gasteiger partial charge in [-0.25, -0.2) is 4.79 Å². The molecular weight excluding hydrogens is 522 g/mol. The molecule has 1 aliphatic carbocycles. The van der Waals surface area contributed by atoms with E-state index < -0.39 is 41.0 Å². The number of ether oxygens (including phenoxy) is 1. The van der Waals surface area contributed by atoms with E-state index in [4.69, 9.17) is 13.4 Å². The van der Waals surface area contributed by atoms with Crippen molar-refractivity contribution in [3.05, 3.63) is 65.3 Å². The Labute approximate surface area is 244 Å². The summed E-state index contributed by atoms with van der Waals surface area (Å²) in [5, 5.41) is 19.3. The quantitative estimate of drug-likeness (QED) is 0.416. The van der Waals surface area contributed by atoms with Crippen LogP contribution in [0.1, 0.15) is 93.8 Å². The number of pyridine rings is 1. The Hall–Kier alpha value is -3.79. The van der Waals surface area contributed by atoms with Crippen LogP contribution < -0.4 is 5.32 Å². The fraction of sp³-hybridized carbons (Fsp3) is 0.516. The van der Waals surface area contributed by atoms with Gasteiger partial charge in [0.05, 0.1) is 0 Å². The van der Waals surface area contributed by atoms with Crippen LogP contribution in [-0.4, -0.2) is 55.8 Å². The van der Waals surface area contributed by atoms with Crippen LogP contribution in [0.25, 0.3) is 11.4 Å². The molecule has 0 spiro atoms. The Kier molecular flexibility index (Phi) is 6.05. The first-order valence-electron chi connectivity index (χ1n) is 15.3. The first-order valence-corrected chi connectivity index (χ1v) is 13.8. The van der Waals surface area contributed by atoms with E-state index in [1.165, 1.54) is 6.20 Å². The number of rotatable bonds is 7. The summed E-state index contributed by atoms with van der Waals surface area (Å²) in [5.41, 5.74) is -1.35. The van der Waals surface area contributed by atoms with E-state index in [-0.39, 0.29) is 24.8 Å². The summed E-state index contributed by atoms with van der Waals surface area (Å²) in [5.74, 6) is -0.499. The normalized spacial score (nSPS) is 20.2. The van der Waals surface area contributed by atoms with Gasteiger partial charge in [0.1, 0.15) is 16.7 Å². The molecule has 0 unspecified atom stereocenters. The lowest BCUT2D eigenvalue weighted by molar-refractivity contribution is -0.131. The molecule has 2 aliphatic rings. The summed E-state index contributed by atoms with van der Waals surface area (Å²) >= 11 is 0. The maximum Gasteiger partial charge on any atom is 0.410 e.